The molecule has 3 N–H and O–H groups in total. The number of hydrogen-bond acceptors (Lipinski definition) is 5. The van der Waals surface area contributed by atoms with Crippen molar-refractivity contribution < 1.29 is 19.0 Å². The maximum absolute atomic E-state index is 11.7. The standard InChI is InChI=1S/C14H22N2O4/c1-10(2)20-7-6-19-9-14(17)16-13-5-4-11(18-3)8-12(13)15/h4-5,8,10H,6-7,9,15H2,1-3H3,(H,16,17). The molecule has 1 aromatic carbocycles. The first-order valence-corrected chi connectivity index (χ1v) is 6.45. The lowest BCUT2D eigenvalue weighted by Crippen LogP contribution is -2.20. The fourth-order valence-electron chi connectivity index (χ4n) is 1.48. The van der Waals surface area contributed by atoms with Crippen LogP contribution in [0.4, 0.5) is 11.4 Å². The molecular formula is C14H22N2O4. The molecular weight excluding hydrogens is 260 g/mol. The predicted molar refractivity (Wildman–Crippen MR) is 77.9 cm³/mol. The topological polar surface area (TPSA) is 82.8 Å². The average Bonchev–Trinajstić information content (AvgIpc) is 2.40. The number of nitrogens with two attached hydrogens (primary N) is 1. The molecule has 6 heteroatoms. The Morgan fingerprint density at radius 1 is 1.35 bits per heavy atom. The monoisotopic (exact) mass is 282 g/mol. The first kappa shape index (κ1) is 16.3. The first-order valence-electron chi connectivity index (χ1n) is 6.45. The van der Waals surface area contributed by atoms with Crippen LogP contribution in [0.2, 0.25) is 0 Å². The Kier molecular flexibility index (Phi) is 6.83. The molecule has 0 aliphatic carbocycles. The van der Waals surface area contributed by atoms with Crippen molar-refractivity contribution in [1.82, 2.24) is 0 Å². The molecule has 0 unspecified atom stereocenters. The van der Waals surface area contributed by atoms with Crippen molar-refractivity contribution in [2.75, 3.05) is 38.0 Å². The summed E-state index contributed by atoms with van der Waals surface area (Å²) in [5.41, 5.74) is 6.78. The highest BCUT2D eigenvalue weighted by atomic mass is 16.5. The largest absolute Gasteiger partial charge is 0.497 e. The molecule has 0 saturated carbocycles. The van der Waals surface area contributed by atoms with Crippen LogP contribution >= 0.6 is 0 Å². The van der Waals surface area contributed by atoms with Gasteiger partial charge in [0.2, 0.25) is 5.91 Å². The Morgan fingerprint density at radius 2 is 2.10 bits per heavy atom. The second-order valence-corrected chi connectivity index (χ2v) is 4.47. The Morgan fingerprint density at radius 3 is 2.70 bits per heavy atom. The van der Waals surface area contributed by atoms with Gasteiger partial charge in [-0.2, -0.15) is 0 Å². The summed E-state index contributed by atoms with van der Waals surface area (Å²) in [5, 5.41) is 2.68. The Hall–Kier alpha value is -1.79. The molecule has 0 heterocycles. The van der Waals surface area contributed by atoms with E-state index >= 15 is 0 Å². The van der Waals surface area contributed by atoms with Gasteiger partial charge in [-0.1, -0.05) is 0 Å². The Labute approximate surface area is 119 Å². The number of carbonyl (C=O) groups is 1. The van der Waals surface area contributed by atoms with Gasteiger partial charge in [-0.25, -0.2) is 0 Å². The van der Waals surface area contributed by atoms with Gasteiger partial charge in [0, 0.05) is 6.07 Å². The summed E-state index contributed by atoms with van der Waals surface area (Å²) in [4.78, 5) is 11.7. The van der Waals surface area contributed by atoms with Gasteiger partial charge >= 0.3 is 0 Å². The number of amides is 1. The maximum Gasteiger partial charge on any atom is 0.250 e. The van der Waals surface area contributed by atoms with E-state index in [1.165, 1.54) is 0 Å². The zero-order valence-electron chi connectivity index (χ0n) is 12.1. The average molecular weight is 282 g/mol. The van der Waals surface area contributed by atoms with E-state index in [1.54, 1.807) is 25.3 Å². The Bertz CT molecular complexity index is 435. The van der Waals surface area contributed by atoms with E-state index in [4.69, 9.17) is 19.9 Å². The number of benzene rings is 1. The number of carbonyl (C=O) groups excluding carboxylic acids is 1. The van der Waals surface area contributed by atoms with Crippen molar-refractivity contribution in [2.45, 2.75) is 20.0 Å². The van der Waals surface area contributed by atoms with Crippen molar-refractivity contribution in [3.8, 4) is 5.75 Å². The maximum atomic E-state index is 11.7. The first-order chi connectivity index (χ1) is 9.52. The molecule has 1 amide bonds. The SMILES string of the molecule is COc1ccc(NC(=O)COCCOC(C)C)c(N)c1. The number of nitrogen functional groups attached to an aromatic ring is 1. The van der Waals surface area contributed by atoms with Crippen molar-refractivity contribution in [3.63, 3.8) is 0 Å². The zero-order chi connectivity index (χ0) is 15.0. The summed E-state index contributed by atoms with van der Waals surface area (Å²) in [6, 6.07) is 5.06. The number of hydrogen-bond donors (Lipinski definition) is 2. The van der Waals surface area contributed by atoms with Crippen LogP contribution in [0, 0.1) is 0 Å². The van der Waals surface area contributed by atoms with E-state index in [0.29, 0.717) is 30.3 Å². The van der Waals surface area contributed by atoms with Crippen LogP contribution in [0.3, 0.4) is 0 Å². The third kappa shape index (κ3) is 5.90. The molecule has 6 nitrogen and oxygen atoms in total. The number of rotatable bonds is 8. The molecule has 0 fully saturated rings. The molecule has 0 aliphatic rings. The fourth-order valence-corrected chi connectivity index (χ4v) is 1.48. The summed E-state index contributed by atoms with van der Waals surface area (Å²) in [6.07, 6.45) is 0.159. The van der Waals surface area contributed by atoms with Crippen LogP contribution in [0.5, 0.6) is 5.75 Å². The van der Waals surface area contributed by atoms with Gasteiger partial charge in [-0.05, 0) is 26.0 Å². The molecule has 0 saturated heterocycles. The number of nitrogens with one attached hydrogen (secondary N) is 1. The zero-order valence-corrected chi connectivity index (χ0v) is 12.1. The predicted octanol–water partition coefficient (Wildman–Crippen LogP) is 1.66. The smallest absolute Gasteiger partial charge is 0.250 e. The van der Waals surface area contributed by atoms with E-state index in [9.17, 15) is 4.79 Å². The third-order valence-corrected chi connectivity index (χ3v) is 2.44. The Balaban J connectivity index is 2.32. The highest BCUT2D eigenvalue weighted by molar-refractivity contribution is 5.94. The normalized spacial score (nSPS) is 10.6. The van der Waals surface area contributed by atoms with Gasteiger partial charge < -0.3 is 25.3 Å². The van der Waals surface area contributed by atoms with Gasteiger partial charge in [0.05, 0.1) is 37.8 Å². The second kappa shape index (κ2) is 8.39. The van der Waals surface area contributed by atoms with E-state index in [0.717, 1.165) is 0 Å². The molecule has 1 aromatic rings. The van der Waals surface area contributed by atoms with Crippen LogP contribution in [-0.4, -0.2) is 38.9 Å². The van der Waals surface area contributed by atoms with Crippen molar-refractivity contribution in [1.29, 1.82) is 0 Å². The molecule has 112 valence electrons. The van der Waals surface area contributed by atoms with E-state index in [2.05, 4.69) is 5.32 Å². The minimum atomic E-state index is -0.258. The van der Waals surface area contributed by atoms with Gasteiger partial charge in [0.25, 0.3) is 0 Å². The van der Waals surface area contributed by atoms with Crippen molar-refractivity contribution in [3.05, 3.63) is 18.2 Å². The van der Waals surface area contributed by atoms with Crippen LogP contribution in [0.1, 0.15) is 13.8 Å². The highest BCUT2D eigenvalue weighted by Crippen LogP contribution is 2.23. The van der Waals surface area contributed by atoms with Crippen LogP contribution in [0.25, 0.3) is 0 Å². The summed E-state index contributed by atoms with van der Waals surface area (Å²) in [6.45, 7) is 4.70. The molecule has 0 spiro atoms. The molecule has 0 radical (unpaired) electrons. The number of anilines is 2. The van der Waals surface area contributed by atoms with Crippen molar-refractivity contribution >= 4 is 17.3 Å². The lowest BCUT2D eigenvalue weighted by Gasteiger charge is -2.10. The van der Waals surface area contributed by atoms with Gasteiger partial charge in [0.1, 0.15) is 12.4 Å². The van der Waals surface area contributed by atoms with Gasteiger partial charge in [0.15, 0.2) is 0 Å². The number of methoxy groups -OCH3 is 1. The quantitative estimate of drug-likeness (QED) is 0.559. The van der Waals surface area contributed by atoms with Crippen LogP contribution in [0.15, 0.2) is 18.2 Å². The molecule has 0 aromatic heterocycles. The lowest BCUT2D eigenvalue weighted by atomic mass is 10.2. The fraction of sp³-hybridized carbons (Fsp3) is 0.500. The summed E-state index contributed by atoms with van der Waals surface area (Å²) >= 11 is 0. The summed E-state index contributed by atoms with van der Waals surface area (Å²) < 4.78 is 15.5. The molecule has 0 aliphatic heterocycles. The minimum Gasteiger partial charge on any atom is -0.497 e. The molecule has 0 atom stereocenters. The molecule has 1 rings (SSSR count). The van der Waals surface area contributed by atoms with Gasteiger partial charge in [-0.15, -0.1) is 0 Å². The van der Waals surface area contributed by atoms with E-state index < -0.39 is 0 Å². The third-order valence-electron chi connectivity index (χ3n) is 2.44. The number of ether oxygens (including phenoxy) is 3. The molecule has 20 heavy (non-hydrogen) atoms. The van der Waals surface area contributed by atoms with Crippen LogP contribution in [-0.2, 0) is 14.3 Å². The van der Waals surface area contributed by atoms with Gasteiger partial charge in [-0.3, -0.25) is 4.79 Å². The second-order valence-electron chi connectivity index (χ2n) is 4.47. The highest BCUT2D eigenvalue weighted by Gasteiger charge is 2.06. The minimum absolute atomic E-state index is 0.0348. The van der Waals surface area contributed by atoms with Crippen LogP contribution < -0.4 is 15.8 Å². The van der Waals surface area contributed by atoms with E-state index in [-0.39, 0.29) is 18.6 Å². The molecule has 0 bridgehead atoms. The van der Waals surface area contributed by atoms with Crippen molar-refractivity contribution in [2.24, 2.45) is 0 Å². The summed E-state index contributed by atoms with van der Waals surface area (Å²) in [7, 11) is 1.56. The van der Waals surface area contributed by atoms with E-state index in [1.807, 2.05) is 13.8 Å². The lowest BCUT2D eigenvalue weighted by molar-refractivity contribution is -0.121. The summed E-state index contributed by atoms with van der Waals surface area (Å²) in [5.74, 6) is 0.383.